The molecule has 1 fully saturated rings. The maximum absolute atomic E-state index is 12.3. The molecule has 0 aliphatic carbocycles. The molecule has 0 radical (unpaired) electrons. The largest absolute Gasteiger partial charge is 0.450 e. The number of para-hydroxylation sites is 1. The number of carbonyl (C=O) groups excluding carboxylic acids is 3. The van der Waals surface area contributed by atoms with Crippen LogP contribution in [0.1, 0.15) is 13.3 Å². The van der Waals surface area contributed by atoms with Crippen LogP contribution >= 0.6 is 23.5 Å². The van der Waals surface area contributed by atoms with Crippen molar-refractivity contribution in [2.75, 3.05) is 17.7 Å². The lowest BCUT2D eigenvalue weighted by Gasteiger charge is -2.21. The number of nitrogens with one attached hydrogen (secondary N) is 4. The van der Waals surface area contributed by atoms with E-state index in [0.717, 1.165) is 16.3 Å². The molecule has 1 saturated heterocycles. The van der Waals surface area contributed by atoms with Crippen LogP contribution in [0.15, 0.2) is 29.2 Å². The van der Waals surface area contributed by atoms with Crippen LogP contribution in [0.4, 0.5) is 15.3 Å². The van der Waals surface area contributed by atoms with Gasteiger partial charge in [0.1, 0.15) is 0 Å². The number of ether oxygens (including phenoxy) is 1. The molecule has 3 unspecified atom stereocenters. The van der Waals surface area contributed by atoms with Crippen LogP contribution in [0.2, 0.25) is 0 Å². The quantitative estimate of drug-likeness (QED) is 0.617. The molecule has 10 heteroatoms. The maximum atomic E-state index is 12.3. The Morgan fingerprint density at radius 2 is 2.08 bits per heavy atom. The zero-order valence-corrected chi connectivity index (χ0v) is 15.7. The summed E-state index contributed by atoms with van der Waals surface area (Å²) in [5.74, 6) is -0.177. The molecular formula is C16H20N4O4S2. The number of thioether (sulfide) groups is 2. The summed E-state index contributed by atoms with van der Waals surface area (Å²) in [6.45, 7) is 1.86. The third-order valence-corrected chi connectivity index (χ3v) is 6.24. The van der Waals surface area contributed by atoms with E-state index in [9.17, 15) is 14.4 Å². The van der Waals surface area contributed by atoms with Gasteiger partial charge in [0.2, 0.25) is 5.91 Å². The molecule has 0 bridgehead atoms. The standard InChI is InChI=1S/C16H20N4O4S2/c1-2-24-16(23)18-12(21)9-7-8-25-13(9)19-14(22)20-15-17-10-5-3-4-6-11(10)26-15/h3-6,9,13,15,17H,2,7-8H2,1H3,(H,18,21,23)(H2,19,20,22). The molecule has 4 N–H and O–H groups in total. The SMILES string of the molecule is CCOC(=O)NC(=O)C1CCSC1NC(=O)NC1Nc2ccccc2S1. The van der Waals surface area contributed by atoms with Crippen molar-refractivity contribution in [1.29, 1.82) is 0 Å². The fourth-order valence-electron chi connectivity index (χ4n) is 2.70. The second-order valence-electron chi connectivity index (χ2n) is 5.65. The number of anilines is 1. The highest BCUT2D eigenvalue weighted by molar-refractivity contribution is 8.00. The van der Waals surface area contributed by atoms with E-state index in [4.69, 9.17) is 4.74 Å². The Balaban J connectivity index is 1.49. The van der Waals surface area contributed by atoms with E-state index in [0.29, 0.717) is 6.42 Å². The minimum Gasteiger partial charge on any atom is -0.450 e. The first-order chi connectivity index (χ1) is 12.6. The number of fused-ring (bicyclic) bond motifs is 1. The maximum Gasteiger partial charge on any atom is 0.413 e. The van der Waals surface area contributed by atoms with Gasteiger partial charge in [0.15, 0.2) is 5.50 Å². The summed E-state index contributed by atoms with van der Waals surface area (Å²) in [7, 11) is 0. The van der Waals surface area contributed by atoms with Gasteiger partial charge in [-0.25, -0.2) is 9.59 Å². The van der Waals surface area contributed by atoms with E-state index in [1.165, 1.54) is 23.5 Å². The normalized spacial score (nSPS) is 23.5. The Kier molecular flexibility index (Phi) is 6.15. The average Bonchev–Trinajstić information content (AvgIpc) is 3.20. The summed E-state index contributed by atoms with van der Waals surface area (Å²) < 4.78 is 4.72. The second-order valence-corrected chi connectivity index (χ2v) is 8.05. The zero-order chi connectivity index (χ0) is 18.5. The lowest BCUT2D eigenvalue weighted by atomic mass is 10.1. The van der Waals surface area contributed by atoms with Crippen molar-refractivity contribution in [3.63, 3.8) is 0 Å². The number of alkyl carbamates (subject to hydrolysis) is 1. The molecule has 26 heavy (non-hydrogen) atoms. The van der Waals surface area contributed by atoms with Crippen molar-refractivity contribution in [3.8, 4) is 0 Å². The summed E-state index contributed by atoms with van der Waals surface area (Å²) in [6.07, 6.45) is -0.176. The molecule has 1 aromatic carbocycles. The molecule has 3 rings (SSSR count). The van der Waals surface area contributed by atoms with Crippen LogP contribution in [0, 0.1) is 5.92 Å². The highest BCUT2D eigenvalue weighted by atomic mass is 32.2. The predicted octanol–water partition coefficient (Wildman–Crippen LogP) is 2.14. The van der Waals surface area contributed by atoms with E-state index < -0.39 is 23.3 Å². The Hall–Kier alpha value is -2.07. The van der Waals surface area contributed by atoms with Crippen molar-refractivity contribution in [1.82, 2.24) is 16.0 Å². The molecule has 2 aliphatic heterocycles. The van der Waals surface area contributed by atoms with Crippen molar-refractivity contribution in [2.45, 2.75) is 29.1 Å². The number of imide groups is 1. The molecule has 140 valence electrons. The molecule has 0 spiro atoms. The third-order valence-electron chi connectivity index (χ3n) is 3.88. The number of hydrogen-bond donors (Lipinski definition) is 4. The molecule has 2 heterocycles. The Labute approximate surface area is 159 Å². The number of hydrogen-bond acceptors (Lipinski definition) is 7. The first-order valence-corrected chi connectivity index (χ1v) is 10.2. The Bertz CT molecular complexity index is 678. The number of benzene rings is 1. The Morgan fingerprint density at radius 1 is 1.27 bits per heavy atom. The van der Waals surface area contributed by atoms with Gasteiger partial charge >= 0.3 is 12.1 Å². The van der Waals surface area contributed by atoms with Crippen molar-refractivity contribution in [2.24, 2.45) is 5.92 Å². The molecule has 4 amide bonds. The van der Waals surface area contributed by atoms with E-state index in [2.05, 4.69) is 21.3 Å². The molecule has 8 nitrogen and oxygen atoms in total. The number of amides is 4. The smallest absolute Gasteiger partial charge is 0.413 e. The monoisotopic (exact) mass is 396 g/mol. The number of rotatable bonds is 4. The lowest BCUT2D eigenvalue weighted by molar-refractivity contribution is -0.124. The van der Waals surface area contributed by atoms with E-state index >= 15 is 0 Å². The summed E-state index contributed by atoms with van der Waals surface area (Å²) in [4.78, 5) is 37.0. The van der Waals surface area contributed by atoms with Crippen LogP contribution in [-0.4, -0.2) is 41.3 Å². The van der Waals surface area contributed by atoms with Crippen LogP contribution in [0.25, 0.3) is 0 Å². The van der Waals surface area contributed by atoms with E-state index in [-0.39, 0.29) is 18.1 Å². The van der Waals surface area contributed by atoms with Crippen LogP contribution < -0.4 is 21.3 Å². The lowest BCUT2D eigenvalue weighted by Crippen LogP contribution is -2.49. The van der Waals surface area contributed by atoms with Crippen molar-refractivity contribution < 1.29 is 19.1 Å². The number of carbonyl (C=O) groups is 3. The van der Waals surface area contributed by atoms with E-state index in [1.54, 1.807) is 6.92 Å². The minimum atomic E-state index is -0.762. The fraction of sp³-hybridized carbons (Fsp3) is 0.438. The third kappa shape index (κ3) is 4.55. The van der Waals surface area contributed by atoms with Gasteiger partial charge in [-0.1, -0.05) is 23.9 Å². The van der Waals surface area contributed by atoms with Gasteiger partial charge in [-0.3, -0.25) is 10.1 Å². The summed E-state index contributed by atoms with van der Waals surface area (Å²) in [5, 5.41) is 10.7. The van der Waals surface area contributed by atoms with Crippen molar-refractivity contribution >= 4 is 47.2 Å². The van der Waals surface area contributed by atoms with E-state index in [1.807, 2.05) is 24.3 Å². The van der Waals surface area contributed by atoms with Crippen molar-refractivity contribution in [3.05, 3.63) is 24.3 Å². The van der Waals surface area contributed by atoms with Crippen LogP contribution in [0.3, 0.4) is 0 Å². The van der Waals surface area contributed by atoms with Gasteiger partial charge in [0, 0.05) is 4.90 Å². The van der Waals surface area contributed by atoms with Crippen LogP contribution in [-0.2, 0) is 9.53 Å². The highest BCUT2D eigenvalue weighted by Crippen LogP contribution is 2.36. The van der Waals surface area contributed by atoms with Crippen LogP contribution in [0.5, 0.6) is 0 Å². The molecular weight excluding hydrogens is 376 g/mol. The second kappa shape index (κ2) is 8.54. The van der Waals surface area contributed by atoms with Gasteiger partial charge < -0.3 is 20.7 Å². The molecule has 2 aliphatic rings. The molecule has 3 atom stereocenters. The predicted molar refractivity (Wildman–Crippen MR) is 101 cm³/mol. The molecule has 0 aromatic heterocycles. The topological polar surface area (TPSA) is 109 Å². The van der Waals surface area contributed by atoms with Gasteiger partial charge in [0.25, 0.3) is 0 Å². The van der Waals surface area contributed by atoms with Gasteiger partial charge in [-0.2, -0.15) is 0 Å². The summed E-state index contributed by atoms with van der Waals surface area (Å²) >= 11 is 2.99. The van der Waals surface area contributed by atoms with Gasteiger partial charge in [-0.15, -0.1) is 11.8 Å². The summed E-state index contributed by atoms with van der Waals surface area (Å²) in [5.41, 5.74) is 0.704. The first-order valence-electron chi connectivity index (χ1n) is 8.25. The van der Waals surface area contributed by atoms with Gasteiger partial charge in [0.05, 0.1) is 23.6 Å². The van der Waals surface area contributed by atoms with Gasteiger partial charge in [-0.05, 0) is 31.2 Å². The fourth-order valence-corrected chi connectivity index (χ4v) is 5.05. The zero-order valence-electron chi connectivity index (χ0n) is 14.1. The summed E-state index contributed by atoms with van der Waals surface area (Å²) in [6, 6.07) is 7.44. The first kappa shape index (κ1) is 18.7. The minimum absolute atomic E-state index is 0.192. The molecule has 0 saturated carbocycles. The number of urea groups is 1. The molecule has 1 aromatic rings. The average molecular weight is 396 g/mol. The highest BCUT2D eigenvalue weighted by Gasteiger charge is 2.36. The Morgan fingerprint density at radius 3 is 2.85 bits per heavy atom.